The monoisotopic (exact) mass is 346 g/mol. The van der Waals surface area contributed by atoms with Crippen LogP contribution in [0, 0.1) is 11.3 Å². The van der Waals surface area contributed by atoms with Crippen molar-refractivity contribution in [2.24, 2.45) is 0 Å². The Hall–Kier alpha value is -3.72. The third kappa shape index (κ3) is 3.10. The molecule has 0 radical (unpaired) electrons. The van der Waals surface area contributed by atoms with Gasteiger partial charge in [-0.2, -0.15) is 5.26 Å². The van der Waals surface area contributed by atoms with Gasteiger partial charge in [0.05, 0.1) is 0 Å². The molecule has 0 bridgehead atoms. The first-order valence-corrected chi connectivity index (χ1v) is 7.80. The Morgan fingerprint density at radius 1 is 1.12 bits per heavy atom. The molecule has 3 rings (SSSR count). The maximum atomic E-state index is 12.0. The predicted octanol–water partition coefficient (Wildman–Crippen LogP) is 3.03. The van der Waals surface area contributed by atoms with Crippen molar-refractivity contribution < 1.29 is 18.8 Å². The lowest BCUT2D eigenvalue weighted by molar-refractivity contribution is -0.126. The minimum atomic E-state index is -0.696. The number of furan rings is 1. The van der Waals surface area contributed by atoms with E-state index in [4.69, 9.17) is 9.68 Å². The number of hydrogen-bond acceptors (Lipinski definition) is 5. The molecule has 6 nitrogen and oxygen atoms in total. The minimum Gasteiger partial charge on any atom is -0.457 e. The second kappa shape index (κ2) is 6.65. The highest BCUT2D eigenvalue weighted by Crippen LogP contribution is 2.26. The van der Waals surface area contributed by atoms with Crippen LogP contribution in [-0.4, -0.2) is 17.6 Å². The van der Waals surface area contributed by atoms with Crippen molar-refractivity contribution in [1.29, 1.82) is 5.26 Å². The Balaban J connectivity index is 1.95. The van der Waals surface area contributed by atoms with Gasteiger partial charge < -0.3 is 4.42 Å². The minimum absolute atomic E-state index is 0.0187. The highest BCUT2D eigenvalue weighted by atomic mass is 16.3. The van der Waals surface area contributed by atoms with Crippen LogP contribution >= 0.6 is 0 Å². The molecule has 0 unspecified atom stereocenters. The summed E-state index contributed by atoms with van der Waals surface area (Å²) in [5, 5.41) is 11.2. The zero-order chi connectivity index (χ0) is 18.8. The maximum absolute atomic E-state index is 12.0. The summed E-state index contributed by atoms with van der Waals surface area (Å²) in [6.07, 6.45) is 1.49. The number of amides is 2. The topological polar surface area (TPSA) is 100 Å². The molecule has 1 N–H and O–H groups in total. The quantitative estimate of drug-likeness (QED) is 0.523. The van der Waals surface area contributed by atoms with Gasteiger partial charge in [-0.15, -0.1) is 0 Å². The van der Waals surface area contributed by atoms with Crippen molar-refractivity contribution in [2.45, 2.75) is 13.8 Å². The highest BCUT2D eigenvalue weighted by molar-refractivity contribution is 6.19. The number of nitrogens with one attached hydrogen (secondary N) is 1. The average Bonchev–Trinajstić information content (AvgIpc) is 3.07. The molecule has 26 heavy (non-hydrogen) atoms. The van der Waals surface area contributed by atoms with Crippen LogP contribution in [0.15, 0.2) is 57.5 Å². The predicted molar refractivity (Wildman–Crippen MR) is 93.6 cm³/mol. The molecule has 2 heterocycles. The lowest BCUT2D eigenvalue weighted by Crippen LogP contribution is -2.37. The van der Waals surface area contributed by atoms with Crippen molar-refractivity contribution in [3.8, 4) is 17.4 Å². The molecule has 0 aliphatic carbocycles. The van der Waals surface area contributed by atoms with Gasteiger partial charge in [0, 0.05) is 16.7 Å². The summed E-state index contributed by atoms with van der Waals surface area (Å²) in [5.74, 6) is -0.309. The molecule has 1 aliphatic rings. The largest absolute Gasteiger partial charge is 0.457 e. The summed E-state index contributed by atoms with van der Waals surface area (Å²) in [4.78, 5) is 35.0. The molecule has 6 heteroatoms. The molecule has 2 amide bonds. The van der Waals surface area contributed by atoms with Crippen LogP contribution in [0.3, 0.4) is 0 Å². The van der Waals surface area contributed by atoms with Gasteiger partial charge in [0.15, 0.2) is 5.78 Å². The van der Waals surface area contributed by atoms with Crippen molar-refractivity contribution >= 4 is 23.7 Å². The fourth-order valence-corrected chi connectivity index (χ4v) is 2.61. The summed E-state index contributed by atoms with van der Waals surface area (Å²) in [5.41, 5.74) is 1.81. The van der Waals surface area contributed by atoms with E-state index in [0.717, 1.165) is 5.56 Å². The Morgan fingerprint density at radius 2 is 1.81 bits per heavy atom. The number of imide groups is 1. The van der Waals surface area contributed by atoms with Crippen LogP contribution in [0.25, 0.3) is 17.4 Å². The molecular formula is C20H14N2O4. The van der Waals surface area contributed by atoms with Crippen molar-refractivity contribution in [3.63, 3.8) is 0 Å². The number of Topliss-reactive ketones (excluding diaryl/α,β-unsaturated/α-hetero) is 1. The second-order valence-electron chi connectivity index (χ2n) is 5.79. The molecule has 0 saturated heterocycles. The van der Waals surface area contributed by atoms with E-state index in [1.165, 1.54) is 13.0 Å². The zero-order valence-corrected chi connectivity index (χ0v) is 14.1. The Kier molecular flexibility index (Phi) is 4.38. The number of hydrogen-bond donors (Lipinski definition) is 1. The van der Waals surface area contributed by atoms with E-state index in [2.05, 4.69) is 5.32 Å². The Morgan fingerprint density at radius 3 is 2.42 bits per heavy atom. The number of carbonyl (C=O) groups is 3. The molecule has 2 aromatic rings. The van der Waals surface area contributed by atoms with Gasteiger partial charge in [-0.3, -0.25) is 19.7 Å². The molecule has 1 aromatic carbocycles. The molecule has 1 aromatic heterocycles. The third-order valence-electron chi connectivity index (χ3n) is 4.08. The summed E-state index contributed by atoms with van der Waals surface area (Å²) in [6.45, 7) is 3.04. The van der Waals surface area contributed by atoms with Crippen LogP contribution in [0.4, 0.5) is 0 Å². The van der Waals surface area contributed by atoms with E-state index < -0.39 is 11.8 Å². The molecule has 0 atom stereocenters. The smallest absolute Gasteiger partial charge is 0.269 e. The number of nitriles is 1. The van der Waals surface area contributed by atoms with E-state index in [-0.39, 0.29) is 16.9 Å². The standard InChI is InChI=1S/C20H14N2O4/c1-11-16(19(24)22-20(25)17(11)10-21)9-15-7-8-18(26-15)14-5-3-13(4-6-14)12(2)23/h3-9H,1-2H3,(H,22,24,25). The lowest BCUT2D eigenvalue weighted by Gasteiger charge is -2.15. The summed E-state index contributed by atoms with van der Waals surface area (Å²) < 4.78 is 5.73. The summed E-state index contributed by atoms with van der Waals surface area (Å²) >= 11 is 0. The number of nitrogens with zero attached hydrogens (tertiary/aromatic N) is 1. The van der Waals surface area contributed by atoms with Crippen molar-refractivity contribution in [1.82, 2.24) is 5.32 Å². The first kappa shape index (κ1) is 17.1. The van der Waals surface area contributed by atoms with E-state index >= 15 is 0 Å². The Bertz CT molecular complexity index is 1030. The number of carbonyl (C=O) groups excluding carboxylic acids is 3. The van der Waals surface area contributed by atoms with Crippen LogP contribution in [0.5, 0.6) is 0 Å². The van der Waals surface area contributed by atoms with Crippen LogP contribution in [-0.2, 0) is 9.59 Å². The van der Waals surface area contributed by atoms with Crippen molar-refractivity contribution in [2.75, 3.05) is 0 Å². The van der Waals surface area contributed by atoms with Crippen molar-refractivity contribution in [3.05, 3.63) is 64.4 Å². The van der Waals surface area contributed by atoms with E-state index in [0.29, 0.717) is 22.7 Å². The van der Waals surface area contributed by atoms with Gasteiger partial charge in [-0.05, 0) is 37.6 Å². The number of benzene rings is 1. The number of ketones is 1. The second-order valence-corrected chi connectivity index (χ2v) is 5.79. The van der Waals surface area contributed by atoms with Gasteiger partial charge in [0.25, 0.3) is 11.8 Å². The first-order chi connectivity index (χ1) is 12.4. The van der Waals surface area contributed by atoms with E-state index in [1.807, 2.05) is 0 Å². The van der Waals surface area contributed by atoms with Crippen LogP contribution < -0.4 is 5.32 Å². The molecule has 0 fully saturated rings. The molecule has 0 spiro atoms. The fourth-order valence-electron chi connectivity index (χ4n) is 2.61. The fraction of sp³-hybridized carbons (Fsp3) is 0.100. The van der Waals surface area contributed by atoms with Gasteiger partial charge in [0.1, 0.15) is 23.2 Å². The van der Waals surface area contributed by atoms with Crippen LogP contribution in [0.2, 0.25) is 0 Å². The van der Waals surface area contributed by atoms with E-state index in [1.54, 1.807) is 49.4 Å². The molecular weight excluding hydrogens is 332 g/mol. The van der Waals surface area contributed by atoms with Gasteiger partial charge in [0.2, 0.25) is 0 Å². The van der Waals surface area contributed by atoms with Gasteiger partial charge in [-0.25, -0.2) is 0 Å². The molecule has 1 aliphatic heterocycles. The van der Waals surface area contributed by atoms with Crippen LogP contribution in [0.1, 0.15) is 30.0 Å². The number of rotatable bonds is 3. The SMILES string of the molecule is CC(=O)c1ccc(-c2ccc(C=C3C(=O)NC(=O)C(C#N)=C3C)o2)cc1. The summed E-state index contributed by atoms with van der Waals surface area (Å²) in [7, 11) is 0. The first-order valence-electron chi connectivity index (χ1n) is 7.80. The van der Waals surface area contributed by atoms with Gasteiger partial charge >= 0.3 is 0 Å². The normalized spacial score (nSPS) is 15.8. The zero-order valence-electron chi connectivity index (χ0n) is 14.1. The van der Waals surface area contributed by atoms with E-state index in [9.17, 15) is 14.4 Å². The average molecular weight is 346 g/mol. The molecule has 128 valence electrons. The Labute approximate surface area is 149 Å². The maximum Gasteiger partial charge on any atom is 0.269 e. The lowest BCUT2D eigenvalue weighted by atomic mass is 9.96. The molecule has 0 saturated carbocycles. The van der Waals surface area contributed by atoms with Gasteiger partial charge in [-0.1, -0.05) is 24.3 Å². The highest BCUT2D eigenvalue weighted by Gasteiger charge is 2.27. The third-order valence-corrected chi connectivity index (χ3v) is 4.08. The summed E-state index contributed by atoms with van der Waals surface area (Å²) in [6, 6.07) is 12.2.